The van der Waals surface area contributed by atoms with Crippen LogP contribution in [-0.2, 0) is 20.9 Å². The van der Waals surface area contributed by atoms with Crippen molar-refractivity contribution in [3.05, 3.63) is 35.9 Å². The molecule has 1 atom stereocenters. The Morgan fingerprint density at radius 3 is 2.33 bits per heavy atom. The number of carbonyl (C=O) groups excluding carboxylic acids is 3. The molecule has 0 aliphatic rings. The fourth-order valence-corrected chi connectivity index (χ4v) is 1.92. The van der Waals surface area contributed by atoms with Gasteiger partial charge in [0.25, 0.3) is 0 Å². The molecule has 1 rings (SSSR count). The van der Waals surface area contributed by atoms with Gasteiger partial charge in [0.1, 0.15) is 18.2 Å². The molecule has 1 aromatic carbocycles. The van der Waals surface area contributed by atoms with Gasteiger partial charge in [-0.2, -0.15) is 0 Å². The van der Waals surface area contributed by atoms with Crippen LogP contribution in [0.2, 0.25) is 0 Å². The SMILES string of the molecule is CC(C)(C)OC(=O)N[C@@H](CNC(=O)OCc1ccccc1)C(=O)NCCO. The van der Waals surface area contributed by atoms with E-state index in [0.717, 1.165) is 5.56 Å². The molecule has 9 nitrogen and oxygen atoms in total. The van der Waals surface area contributed by atoms with Crippen LogP contribution in [0.1, 0.15) is 26.3 Å². The number of hydrogen-bond donors (Lipinski definition) is 4. The number of hydrogen-bond acceptors (Lipinski definition) is 6. The smallest absolute Gasteiger partial charge is 0.408 e. The summed E-state index contributed by atoms with van der Waals surface area (Å²) in [5.41, 5.74) is 0.0786. The minimum Gasteiger partial charge on any atom is -0.445 e. The lowest BCUT2D eigenvalue weighted by Gasteiger charge is -2.23. The molecular formula is C18H27N3O6. The highest BCUT2D eigenvalue weighted by Crippen LogP contribution is 2.06. The Labute approximate surface area is 158 Å². The summed E-state index contributed by atoms with van der Waals surface area (Å²) in [6, 6.07) is 8.02. The number of amides is 3. The Morgan fingerprint density at radius 2 is 1.74 bits per heavy atom. The molecule has 4 N–H and O–H groups in total. The lowest BCUT2D eigenvalue weighted by Crippen LogP contribution is -2.53. The van der Waals surface area contributed by atoms with Gasteiger partial charge in [0.2, 0.25) is 5.91 Å². The van der Waals surface area contributed by atoms with E-state index in [1.54, 1.807) is 20.8 Å². The molecule has 0 radical (unpaired) electrons. The summed E-state index contributed by atoms with van der Waals surface area (Å²) in [6.07, 6.45) is -1.53. The molecule has 0 heterocycles. The van der Waals surface area contributed by atoms with Crippen LogP contribution in [0.4, 0.5) is 9.59 Å². The average molecular weight is 381 g/mol. The standard InChI is InChI=1S/C18H27N3O6/c1-18(2,3)27-17(25)21-14(15(23)19-9-10-22)11-20-16(24)26-12-13-7-5-4-6-8-13/h4-8,14,22H,9-12H2,1-3H3,(H,19,23)(H,20,24)(H,21,25)/t14-/m0/s1. The normalized spacial score (nSPS) is 11.9. The van der Waals surface area contributed by atoms with Gasteiger partial charge in [0.05, 0.1) is 13.2 Å². The predicted octanol–water partition coefficient (Wildman–Crippen LogP) is 0.915. The van der Waals surface area contributed by atoms with E-state index in [4.69, 9.17) is 14.6 Å². The van der Waals surface area contributed by atoms with E-state index in [1.807, 2.05) is 30.3 Å². The fraction of sp³-hybridized carbons (Fsp3) is 0.500. The molecule has 1 aromatic rings. The molecule has 150 valence electrons. The minimum absolute atomic E-state index is 0.0176. The first-order valence-corrected chi connectivity index (χ1v) is 8.54. The summed E-state index contributed by atoms with van der Waals surface area (Å²) in [5.74, 6) is -0.571. The molecule has 0 unspecified atom stereocenters. The van der Waals surface area contributed by atoms with Crippen molar-refractivity contribution in [1.82, 2.24) is 16.0 Å². The number of ether oxygens (including phenoxy) is 2. The van der Waals surface area contributed by atoms with Gasteiger partial charge in [-0.1, -0.05) is 30.3 Å². The van der Waals surface area contributed by atoms with Gasteiger partial charge in [-0.3, -0.25) is 4.79 Å². The largest absolute Gasteiger partial charge is 0.445 e. The summed E-state index contributed by atoms with van der Waals surface area (Å²) < 4.78 is 10.2. The molecule has 0 aliphatic carbocycles. The quantitative estimate of drug-likeness (QED) is 0.530. The monoisotopic (exact) mass is 381 g/mol. The van der Waals surface area contributed by atoms with Crippen molar-refractivity contribution >= 4 is 18.1 Å². The molecule has 0 aliphatic heterocycles. The zero-order chi connectivity index (χ0) is 20.3. The second-order valence-corrected chi connectivity index (χ2v) is 6.66. The lowest BCUT2D eigenvalue weighted by atomic mass is 10.2. The van der Waals surface area contributed by atoms with E-state index in [0.29, 0.717) is 0 Å². The zero-order valence-electron chi connectivity index (χ0n) is 15.8. The summed E-state index contributed by atoms with van der Waals surface area (Å²) in [4.78, 5) is 35.8. The van der Waals surface area contributed by atoms with Crippen molar-refractivity contribution in [3.8, 4) is 0 Å². The van der Waals surface area contributed by atoms with Crippen LogP contribution in [0.3, 0.4) is 0 Å². The van der Waals surface area contributed by atoms with Crippen LogP contribution in [0.5, 0.6) is 0 Å². The van der Waals surface area contributed by atoms with Crippen molar-refractivity contribution in [2.24, 2.45) is 0 Å². The number of rotatable bonds is 8. The van der Waals surface area contributed by atoms with Crippen LogP contribution in [0.25, 0.3) is 0 Å². The van der Waals surface area contributed by atoms with E-state index in [-0.39, 0.29) is 26.3 Å². The molecule has 0 saturated carbocycles. The highest BCUT2D eigenvalue weighted by atomic mass is 16.6. The van der Waals surface area contributed by atoms with Gasteiger partial charge in [0.15, 0.2) is 0 Å². The zero-order valence-corrected chi connectivity index (χ0v) is 15.8. The van der Waals surface area contributed by atoms with E-state index < -0.39 is 29.7 Å². The molecule has 0 spiro atoms. The number of carbonyl (C=O) groups is 3. The molecule has 3 amide bonds. The van der Waals surface area contributed by atoms with Crippen LogP contribution in [0.15, 0.2) is 30.3 Å². The second-order valence-electron chi connectivity index (χ2n) is 6.66. The summed E-state index contributed by atoms with van der Waals surface area (Å²) in [7, 11) is 0. The van der Waals surface area contributed by atoms with Crippen LogP contribution in [-0.4, -0.2) is 54.5 Å². The first-order valence-electron chi connectivity index (χ1n) is 8.54. The topological polar surface area (TPSA) is 126 Å². The number of alkyl carbamates (subject to hydrolysis) is 2. The predicted molar refractivity (Wildman–Crippen MR) is 97.9 cm³/mol. The third-order valence-electron chi connectivity index (χ3n) is 3.08. The number of aliphatic hydroxyl groups excluding tert-OH is 1. The van der Waals surface area contributed by atoms with Crippen molar-refractivity contribution in [1.29, 1.82) is 0 Å². The van der Waals surface area contributed by atoms with Crippen LogP contribution in [0, 0.1) is 0 Å². The van der Waals surface area contributed by atoms with Crippen molar-refractivity contribution in [2.75, 3.05) is 19.7 Å². The van der Waals surface area contributed by atoms with E-state index in [9.17, 15) is 14.4 Å². The van der Waals surface area contributed by atoms with Crippen molar-refractivity contribution in [2.45, 2.75) is 39.0 Å². The molecule has 0 aromatic heterocycles. The van der Waals surface area contributed by atoms with E-state index in [1.165, 1.54) is 0 Å². The third-order valence-corrected chi connectivity index (χ3v) is 3.08. The van der Waals surface area contributed by atoms with Gasteiger partial charge < -0.3 is 30.5 Å². The fourth-order valence-electron chi connectivity index (χ4n) is 1.92. The maximum Gasteiger partial charge on any atom is 0.408 e. The molecule has 9 heteroatoms. The van der Waals surface area contributed by atoms with Gasteiger partial charge in [-0.15, -0.1) is 0 Å². The average Bonchev–Trinajstić information content (AvgIpc) is 2.60. The van der Waals surface area contributed by atoms with E-state index >= 15 is 0 Å². The molecule has 0 saturated heterocycles. The van der Waals surface area contributed by atoms with Gasteiger partial charge in [-0.05, 0) is 26.3 Å². The van der Waals surface area contributed by atoms with Gasteiger partial charge >= 0.3 is 12.2 Å². The first-order chi connectivity index (χ1) is 12.7. The lowest BCUT2D eigenvalue weighted by molar-refractivity contribution is -0.123. The maximum atomic E-state index is 12.1. The Balaban J connectivity index is 2.55. The Bertz CT molecular complexity index is 615. The third kappa shape index (κ3) is 10.0. The Kier molecular flexibility index (Phi) is 9.07. The van der Waals surface area contributed by atoms with Gasteiger partial charge in [0, 0.05) is 6.54 Å². The molecular weight excluding hydrogens is 354 g/mol. The van der Waals surface area contributed by atoms with Crippen molar-refractivity contribution < 1.29 is 29.0 Å². The summed E-state index contributed by atoms with van der Waals surface area (Å²) >= 11 is 0. The van der Waals surface area contributed by atoms with Crippen molar-refractivity contribution in [3.63, 3.8) is 0 Å². The van der Waals surface area contributed by atoms with E-state index in [2.05, 4.69) is 16.0 Å². The summed E-state index contributed by atoms with van der Waals surface area (Å²) in [6.45, 7) is 4.70. The van der Waals surface area contributed by atoms with Crippen LogP contribution < -0.4 is 16.0 Å². The Morgan fingerprint density at radius 1 is 1.07 bits per heavy atom. The number of nitrogens with one attached hydrogen (secondary N) is 3. The van der Waals surface area contributed by atoms with Gasteiger partial charge in [-0.25, -0.2) is 9.59 Å². The molecule has 0 bridgehead atoms. The maximum absolute atomic E-state index is 12.1. The number of benzene rings is 1. The Hall–Kier alpha value is -2.81. The summed E-state index contributed by atoms with van der Waals surface area (Å²) in [5, 5.41) is 16.1. The molecule has 0 fully saturated rings. The number of aliphatic hydroxyl groups is 1. The van der Waals surface area contributed by atoms with Crippen LogP contribution >= 0.6 is 0 Å². The minimum atomic E-state index is -1.09. The highest BCUT2D eigenvalue weighted by Gasteiger charge is 2.24. The second kappa shape index (κ2) is 11.0. The highest BCUT2D eigenvalue weighted by molar-refractivity contribution is 5.86. The molecule has 27 heavy (non-hydrogen) atoms. The first kappa shape index (κ1) is 22.2.